The number of hydrogen-bond acceptors (Lipinski definition) is 6. The Morgan fingerprint density at radius 3 is 2.80 bits per heavy atom. The van der Waals surface area contributed by atoms with E-state index in [1.807, 2.05) is 0 Å². The molecule has 7 nitrogen and oxygen atoms in total. The van der Waals surface area contributed by atoms with Crippen LogP contribution in [0.3, 0.4) is 0 Å². The van der Waals surface area contributed by atoms with Gasteiger partial charge >= 0.3 is 0 Å². The molecule has 0 amide bonds. The van der Waals surface area contributed by atoms with Gasteiger partial charge in [0.1, 0.15) is 24.0 Å². The Labute approximate surface area is 111 Å². The van der Waals surface area contributed by atoms with Crippen LogP contribution in [0.1, 0.15) is 11.6 Å². The van der Waals surface area contributed by atoms with Crippen LogP contribution in [0.25, 0.3) is 11.0 Å². The second-order valence-corrected chi connectivity index (χ2v) is 4.73. The molecule has 3 heterocycles. The molecule has 108 valence electrons. The fourth-order valence-electron chi connectivity index (χ4n) is 2.50. The largest absolute Gasteiger partial charge is 0.395 e. The number of rotatable bonds is 2. The number of alkyl halides is 2. The number of aromatic amines is 1. The van der Waals surface area contributed by atoms with Crippen LogP contribution >= 0.6 is 0 Å². The van der Waals surface area contributed by atoms with E-state index in [0.29, 0.717) is 5.52 Å². The predicted molar refractivity (Wildman–Crippen MR) is 66.0 cm³/mol. The number of aromatic nitrogens is 3. The van der Waals surface area contributed by atoms with Gasteiger partial charge in [-0.2, -0.15) is 0 Å². The summed E-state index contributed by atoms with van der Waals surface area (Å²) in [6.45, 7) is -0.591. The quantitative estimate of drug-likeness (QED) is 0.509. The van der Waals surface area contributed by atoms with Gasteiger partial charge in [-0.1, -0.05) is 0 Å². The van der Waals surface area contributed by atoms with E-state index >= 15 is 0 Å². The molecule has 1 fully saturated rings. The number of nitrogens with one attached hydrogen (secondary N) is 2. The fourth-order valence-corrected chi connectivity index (χ4v) is 2.50. The Bertz CT molecular complexity index is 647. The minimum absolute atomic E-state index is 0.154. The summed E-state index contributed by atoms with van der Waals surface area (Å²) < 4.78 is 28.2. The number of aliphatic hydroxyl groups is 2. The number of anilines is 1. The number of nitrogen functional groups attached to an aromatic ring is 1. The highest BCUT2D eigenvalue weighted by atomic mass is 19.3. The second kappa shape index (κ2) is 4.33. The molecule has 9 heteroatoms. The van der Waals surface area contributed by atoms with Crippen LogP contribution in [0.15, 0.2) is 12.5 Å². The topological polar surface area (TPSA) is 120 Å². The average Bonchev–Trinajstić information content (AvgIpc) is 2.92. The van der Waals surface area contributed by atoms with Crippen LogP contribution in [-0.2, 0) is 0 Å². The van der Waals surface area contributed by atoms with Gasteiger partial charge in [0.25, 0.3) is 5.92 Å². The molecule has 0 saturated carbocycles. The smallest absolute Gasteiger partial charge is 0.294 e. The molecule has 2 aromatic rings. The molecule has 0 spiro atoms. The minimum Gasteiger partial charge on any atom is -0.395 e. The summed E-state index contributed by atoms with van der Waals surface area (Å²) in [5.74, 6) is -3.27. The van der Waals surface area contributed by atoms with Crippen molar-refractivity contribution in [3.05, 3.63) is 18.1 Å². The van der Waals surface area contributed by atoms with Gasteiger partial charge in [-0.3, -0.25) is 5.32 Å². The highest BCUT2D eigenvalue weighted by Gasteiger charge is 2.57. The molecule has 0 bridgehead atoms. The molecule has 3 rings (SSSR count). The van der Waals surface area contributed by atoms with Crippen LogP contribution in [0, 0.1) is 0 Å². The van der Waals surface area contributed by atoms with E-state index in [9.17, 15) is 13.9 Å². The number of fused-ring (bicyclic) bond motifs is 1. The Hall–Kier alpha value is -1.84. The maximum atomic E-state index is 14.1. The van der Waals surface area contributed by atoms with Gasteiger partial charge in [-0.25, -0.2) is 18.7 Å². The first-order valence-corrected chi connectivity index (χ1v) is 5.97. The lowest BCUT2D eigenvalue weighted by atomic mass is 10.0. The first kappa shape index (κ1) is 13.2. The third-order valence-corrected chi connectivity index (χ3v) is 3.57. The molecule has 20 heavy (non-hydrogen) atoms. The van der Waals surface area contributed by atoms with Crippen LogP contribution in [-0.4, -0.2) is 49.8 Å². The first-order valence-electron chi connectivity index (χ1n) is 5.97. The van der Waals surface area contributed by atoms with Crippen LogP contribution in [0.2, 0.25) is 0 Å². The van der Waals surface area contributed by atoms with E-state index in [1.54, 1.807) is 0 Å². The summed E-state index contributed by atoms with van der Waals surface area (Å²) in [5, 5.41) is 21.1. The Balaban J connectivity index is 2.10. The monoisotopic (exact) mass is 285 g/mol. The van der Waals surface area contributed by atoms with Gasteiger partial charge in [0, 0.05) is 11.8 Å². The van der Waals surface area contributed by atoms with Crippen LogP contribution < -0.4 is 11.1 Å². The lowest BCUT2D eigenvalue weighted by molar-refractivity contribution is -0.103. The summed E-state index contributed by atoms with van der Waals surface area (Å²) in [4.78, 5) is 10.5. The molecule has 1 aliphatic rings. The van der Waals surface area contributed by atoms with Gasteiger partial charge < -0.3 is 20.9 Å². The molecule has 2 aromatic heterocycles. The van der Waals surface area contributed by atoms with Crippen molar-refractivity contribution < 1.29 is 19.0 Å². The number of aliphatic hydroxyl groups excluding tert-OH is 2. The van der Waals surface area contributed by atoms with E-state index in [4.69, 9.17) is 10.8 Å². The first-order chi connectivity index (χ1) is 9.46. The molecule has 1 saturated heterocycles. The number of nitrogens with zero attached hydrogens (tertiary/aromatic N) is 2. The summed E-state index contributed by atoms with van der Waals surface area (Å²) in [6, 6.07) is -2.56. The van der Waals surface area contributed by atoms with Crippen LogP contribution in [0.4, 0.5) is 14.6 Å². The normalized spacial score (nSPS) is 29.1. The third-order valence-electron chi connectivity index (χ3n) is 3.57. The van der Waals surface area contributed by atoms with Gasteiger partial charge in [0.05, 0.1) is 18.2 Å². The molecular weight excluding hydrogens is 272 g/mol. The zero-order valence-electron chi connectivity index (χ0n) is 10.2. The Morgan fingerprint density at radius 2 is 2.15 bits per heavy atom. The lowest BCUT2D eigenvalue weighted by Crippen LogP contribution is -2.38. The molecule has 0 radical (unpaired) electrons. The standard InChI is InChI=1S/C11H13F2N5O2/c12-11(13)8(18-5(2-19)9(11)20)4-1-15-7-6(4)16-3-17-10(7)14/h1,3,5,8-9,15,18-20H,2H2,(H2,14,16,17). The van der Waals surface area contributed by atoms with Gasteiger partial charge in [0.15, 0.2) is 5.82 Å². The zero-order valence-corrected chi connectivity index (χ0v) is 10.2. The maximum Gasteiger partial charge on any atom is 0.294 e. The molecule has 3 atom stereocenters. The van der Waals surface area contributed by atoms with E-state index in [1.165, 1.54) is 12.5 Å². The summed E-state index contributed by atoms with van der Waals surface area (Å²) in [5.41, 5.74) is 6.44. The van der Waals surface area contributed by atoms with E-state index in [2.05, 4.69) is 20.3 Å². The number of halogens is 2. The molecule has 3 unspecified atom stereocenters. The molecule has 0 aliphatic carbocycles. The Morgan fingerprint density at radius 1 is 1.40 bits per heavy atom. The van der Waals surface area contributed by atoms with Crippen molar-refractivity contribution in [1.29, 1.82) is 0 Å². The molecular formula is C11H13F2N5O2. The highest BCUT2D eigenvalue weighted by molar-refractivity contribution is 5.87. The average molecular weight is 285 g/mol. The summed E-state index contributed by atoms with van der Waals surface area (Å²) >= 11 is 0. The predicted octanol–water partition coefficient (Wildman–Crippen LogP) is -0.459. The van der Waals surface area contributed by atoms with Crippen LogP contribution in [0.5, 0.6) is 0 Å². The molecule has 1 aliphatic heterocycles. The fraction of sp³-hybridized carbons (Fsp3) is 0.455. The SMILES string of the molecule is Nc1ncnc2c(C3NC(CO)C(O)C3(F)F)c[nH]c12. The minimum atomic E-state index is -3.43. The summed E-state index contributed by atoms with van der Waals surface area (Å²) in [7, 11) is 0. The summed E-state index contributed by atoms with van der Waals surface area (Å²) in [6.07, 6.45) is 0.567. The van der Waals surface area contributed by atoms with Crippen molar-refractivity contribution in [3.8, 4) is 0 Å². The van der Waals surface area contributed by atoms with Gasteiger partial charge in [-0.05, 0) is 0 Å². The molecule has 6 N–H and O–H groups in total. The van der Waals surface area contributed by atoms with Crippen molar-refractivity contribution in [2.45, 2.75) is 24.1 Å². The van der Waals surface area contributed by atoms with Gasteiger partial charge in [0.2, 0.25) is 0 Å². The number of H-pyrrole nitrogens is 1. The number of hydrogen-bond donors (Lipinski definition) is 5. The van der Waals surface area contributed by atoms with Crippen molar-refractivity contribution in [1.82, 2.24) is 20.3 Å². The highest BCUT2D eigenvalue weighted by Crippen LogP contribution is 2.43. The van der Waals surface area contributed by atoms with E-state index in [0.717, 1.165) is 0 Å². The van der Waals surface area contributed by atoms with E-state index < -0.39 is 30.7 Å². The molecule has 0 aromatic carbocycles. The van der Waals surface area contributed by atoms with Crippen molar-refractivity contribution in [2.24, 2.45) is 0 Å². The second-order valence-electron chi connectivity index (χ2n) is 4.73. The third kappa shape index (κ3) is 1.67. The number of nitrogens with two attached hydrogens (primary N) is 1. The van der Waals surface area contributed by atoms with Crippen molar-refractivity contribution >= 4 is 16.9 Å². The zero-order chi connectivity index (χ0) is 14.5. The maximum absolute atomic E-state index is 14.1. The van der Waals surface area contributed by atoms with Crippen molar-refractivity contribution in [2.75, 3.05) is 12.3 Å². The Kier molecular flexibility index (Phi) is 2.85. The van der Waals surface area contributed by atoms with E-state index in [-0.39, 0.29) is 16.9 Å². The van der Waals surface area contributed by atoms with Gasteiger partial charge in [-0.15, -0.1) is 0 Å². The lowest BCUT2D eigenvalue weighted by Gasteiger charge is -2.20. The van der Waals surface area contributed by atoms with Crippen molar-refractivity contribution in [3.63, 3.8) is 0 Å².